The Morgan fingerprint density at radius 2 is 2.16 bits per heavy atom. The minimum absolute atomic E-state index is 0.0203. The SMILES string of the molecule is CCS(=O)(=O)CC(C)Nc1c(C#N)cccc1OC. The van der Waals surface area contributed by atoms with E-state index in [1.807, 2.05) is 0 Å². The number of nitrogens with zero attached hydrogens (tertiary/aromatic N) is 1. The highest BCUT2D eigenvalue weighted by Gasteiger charge is 2.16. The van der Waals surface area contributed by atoms with Crippen molar-refractivity contribution in [1.82, 2.24) is 0 Å². The molecule has 104 valence electrons. The first-order valence-electron chi connectivity index (χ1n) is 5.97. The zero-order chi connectivity index (χ0) is 14.5. The highest BCUT2D eigenvalue weighted by atomic mass is 32.2. The molecule has 0 spiro atoms. The van der Waals surface area contributed by atoms with E-state index in [4.69, 9.17) is 10.00 Å². The first-order valence-corrected chi connectivity index (χ1v) is 7.79. The molecule has 0 aliphatic rings. The molecule has 0 aromatic heterocycles. The van der Waals surface area contributed by atoms with Crippen molar-refractivity contribution in [1.29, 1.82) is 5.26 Å². The van der Waals surface area contributed by atoms with Crippen LogP contribution < -0.4 is 10.1 Å². The number of hydrogen-bond acceptors (Lipinski definition) is 5. The van der Waals surface area contributed by atoms with Crippen LogP contribution in [0.5, 0.6) is 5.75 Å². The summed E-state index contributed by atoms with van der Waals surface area (Å²) >= 11 is 0. The lowest BCUT2D eigenvalue weighted by atomic mass is 10.1. The van der Waals surface area contributed by atoms with E-state index in [0.29, 0.717) is 17.0 Å². The Morgan fingerprint density at radius 1 is 1.47 bits per heavy atom. The number of nitriles is 1. The van der Waals surface area contributed by atoms with Gasteiger partial charge in [-0.1, -0.05) is 13.0 Å². The van der Waals surface area contributed by atoms with Crippen LogP contribution in [0.1, 0.15) is 19.4 Å². The average molecular weight is 282 g/mol. The van der Waals surface area contributed by atoms with Crippen molar-refractivity contribution in [2.45, 2.75) is 19.9 Å². The van der Waals surface area contributed by atoms with E-state index in [1.54, 1.807) is 32.0 Å². The van der Waals surface area contributed by atoms with Crippen LogP contribution in [-0.4, -0.2) is 33.1 Å². The summed E-state index contributed by atoms with van der Waals surface area (Å²) in [6.07, 6.45) is 0. The smallest absolute Gasteiger partial charge is 0.152 e. The lowest BCUT2D eigenvalue weighted by Gasteiger charge is -2.18. The van der Waals surface area contributed by atoms with Gasteiger partial charge in [-0.15, -0.1) is 0 Å². The zero-order valence-electron chi connectivity index (χ0n) is 11.3. The molecule has 1 N–H and O–H groups in total. The van der Waals surface area contributed by atoms with Gasteiger partial charge in [-0.3, -0.25) is 0 Å². The predicted octanol–water partition coefficient (Wildman–Crippen LogP) is 1.80. The molecule has 0 saturated heterocycles. The molecule has 0 saturated carbocycles. The summed E-state index contributed by atoms with van der Waals surface area (Å²) in [6, 6.07) is 6.87. The summed E-state index contributed by atoms with van der Waals surface area (Å²) in [4.78, 5) is 0. The molecule has 1 aromatic rings. The van der Waals surface area contributed by atoms with Gasteiger partial charge in [-0.05, 0) is 19.1 Å². The molecule has 5 nitrogen and oxygen atoms in total. The largest absolute Gasteiger partial charge is 0.495 e. The second-order valence-electron chi connectivity index (χ2n) is 4.24. The molecule has 0 bridgehead atoms. The van der Waals surface area contributed by atoms with E-state index in [0.717, 1.165) is 0 Å². The summed E-state index contributed by atoms with van der Waals surface area (Å²) in [5.41, 5.74) is 0.964. The van der Waals surface area contributed by atoms with Crippen LogP contribution in [0, 0.1) is 11.3 Å². The van der Waals surface area contributed by atoms with Crippen LogP contribution in [0.2, 0.25) is 0 Å². The van der Waals surface area contributed by atoms with Crippen LogP contribution >= 0.6 is 0 Å². The van der Waals surface area contributed by atoms with E-state index in [2.05, 4.69) is 11.4 Å². The number of anilines is 1. The van der Waals surface area contributed by atoms with Crippen LogP contribution in [0.15, 0.2) is 18.2 Å². The Kier molecular flexibility index (Phi) is 5.19. The second kappa shape index (κ2) is 6.43. The number of ether oxygens (including phenoxy) is 1. The molecule has 0 aliphatic heterocycles. The quantitative estimate of drug-likeness (QED) is 0.860. The summed E-state index contributed by atoms with van der Waals surface area (Å²) in [7, 11) is -1.56. The highest BCUT2D eigenvalue weighted by Crippen LogP contribution is 2.28. The third-order valence-corrected chi connectivity index (χ3v) is 4.59. The van der Waals surface area contributed by atoms with Gasteiger partial charge in [0.15, 0.2) is 9.84 Å². The molecule has 0 fully saturated rings. The Morgan fingerprint density at radius 3 is 2.68 bits per heavy atom. The second-order valence-corrected chi connectivity index (χ2v) is 6.64. The molecule has 0 aliphatic carbocycles. The number of methoxy groups -OCH3 is 1. The Bertz CT molecular complexity index is 576. The number of para-hydroxylation sites is 1. The molecule has 19 heavy (non-hydrogen) atoms. The minimum Gasteiger partial charge on any atom is -0.495 e. The number of hydrogen-bond donors (Lipinski definition) is 1. The molecule has 0 heterocycles. The Labute approximate surface area is 114 Å². The maximum absolute atomic E-state index is 11.6. The van der Waals surface area contributed by atoms with E-state index >= 15 is 0 Å². The fourth-order valence-electron chi connectivity index (χ4n) is 1.73. The van der Waals surface area contributed by atoms with Crippen molar-refractivity contribution in [2.24, 2.45) is 0 Å². The number of sulfone groups is 1. The number of nitrogens with one attached hydrogen (secondary N) is 1. The van der Waals surface area contributed by atoms with Crippen molar-refractivity contribution in [3.05, 3.63) is 23.8 Å². The molecule has 1 aromatic carbocycles. The first kappa shape index (κ1) is 15.3. The van der Waals surface area contributed by atoms with Gasteiger partial charge >= 0.3 is 0 Å². The van der Waals surface area contributed by atoms with E-state index in [1.165, 1.54) is 7.11 Å². The Hall–Kier alpha value is -1.74. The van der Waals surface area contributed by atoms with Gasteiger partial charge in [0.25, 0.3) is 0 Å². The highest BCUT2D eigenvalue weighted by molar-refractivity contribution is 7.91. The van der Waals surface area contributed by atoms with E-state index in [-0.39, 0.29) is 17.5 Å². The topological polar surface area (TPSA) is 79.2 Å². The Balaban J connectivity index is 2.96. The van der Waals surface area contributed by atoms with Gasteiger partial charge in [0, 0.05) is 11.8 Å². The molecular weight excluding hydrogens is 264 g/mol. The van der Waals surface area contributed by atoms with Crippen LogP contribution in [-0.2, 0) is 9.84 Å². The van der Waals surface area contributed by atoms with Gasteiger partial charge in [0.1, 0.15) is 11.8 Å². The molecule has 1 atom stereocenters. The fraction of sp³-hybridized carbons (Fsp3) is 0.462. The third kappa shape index (κ3) is 4.14. The third-order valence-electron chi connectivity index (χ3n) is 2.70. The maximum Gasteiger partial charge on any atom is 0.152 e. The monoisotopic (exact) mass is 282 g/mol. The standard InChI is InChI=1S/C13H18N2O3S/c1-4-19(16,17)9-10(2)15-13-11(8-14)6-5-7-12(13)18-3/h5-7,10,15H,4,9H2,1-3H3. The van der Waals surface area contributed by atoms with Crippen LogP contribution in [0.25, 0.3) is 0 Å². The normalized spacial score (nSPS) is 12.5. The van der Waals surface area contributed by atoms with Gasteiger partial charge in [0.2, 0.25) is 0 Å². The van der Waals surface area contributed by atoms with Crippen molar-refractivity contribution in [2.75, 3.05) is 23.9 Å². The van der Waals surface area contributed by atoms with Gasteiger partial charge in [-0.2, -0.15) is 5.26 Å². The number of benzene rings is 1. The fourth-order valence-corrected chi connectivity index (χ4v) is 2.81. The summed E-state index contributed by atoms with van der Waals surface area (Å²) in [6.45, 7) is 3.38. The van der Waals surface area contributed by atoms with Crippen molar-refractivity contribution in [3.8, 4) is 11.8 Å². The molecule has 6 heteroatoms. The van der Waals surface area contributed by atoms with Crippen molar-refractivity contribution in [3.63, 3.8) is 0 Å². The van der Waals surface area contributed by atoms with Crippen molar-refractivity contribution < 1.29 is 13.2 Å². The zero-order valence-corrected chi connectivity index (χ0v) is 12.1. The van der Waals surface area contributed by atoms with E-state index in [9.17, 15) is 8.42 Å². The lowest BCUT2D eigenvalue weighted by molar-refractivity contribution is 0.416. The summed E-state index contributed by atoms with van der Waals surface area (Å²) < 4.78 is 28.3. The molecule has 1 unspecified atom stereocenters. The van der Waals surface area contributed by atoms with Crippen molar-refractivity contribution >= 4 is 15.5 Å². The van der Waals surface area contributed by atoms with Crippen LogP contribution in [0.3, 0.4) is 0 Å². The molecule has 1 rings (SSSR count). The maximum atomic E-state index is 11.6. The molecular formula is C13H18N2O3S. The van der Waals surface area contributed by atoms with E-state index < -0.39 is 9.84 Å². The minimum atomic E-state index is -3.06. The molecule has 0 amide bonds. The van der Waals surface area contributed by atoms with Crippen LogP contribution in [0.4, 0.5) is 5.69 Å². The summed E-state index contributed by atoms with van der Waals surface area (Å²) in [5.74, 6) is 0.655. The first-order chi connectivity index (χ1) is 8.93. The number of rotatable bonds is 6. The lowest BCUT2D eigenvalue weighted by Crippen LogP contribution is -2.27. The van der Waals surface area contributed by atoms with Gasteiger partial charge in [0.05, 0.1) is 24.1 Å². The van der Waals surface area contributed by atoms with Gasteiger partial charge < -0.3 is 10.1 Å². The molecule has 0 radical (unpaired) electrons. The average Bonchev–Trinajstić information content (AvgIpc) is 2.38. The van der Waals surface area contributed by atoms with Gasteiger partial charge in [-0.25, -0.2) is 8.42 Å². The predicted molar refractivity (Wildman–Crippen MR) is 75.1 cm³/mol. The summed E-state index contributed by atoms with van der Waals surface area (Å²) in [5, 5.41) is 12.1.